The molecule has 4 heterocycles. The minimum atomic E-state index is -0.226. The van der Waals surface area contributed by atoms with Crippen molar-refractivity contribution in [3.8, 4) is 5.75 Å². The van der Waals surface area contributed by atoms with Crippen LogP contribution in [0.15, 0.2) is 63.6 Å². The summed E-state index contributed by atoms with van der Waals surface area (Å²) in [4.78, 5) is 17.1. The zero-order chi connectivity index (χ0) is 21.4. The van der Waals surface area contributed by atoms with Crippen molar-refractivity contribution in [3.05, 3.63) is 75.9 Å². The number of hydrogen-bond acceptors (Lipinski definition) is 6. The first-order valence-corrected chi connectivity index (χ1v) is 11.4. The lowest BCUT2D eigenvalue weighted by Gasteiger charge is -2.34. The number of ether oxygens (including phenoxy) is 1. The Kier molecular flexibility index (Phi) is 5.38. The van der Waals surface area contributed by atoms with E-state index in [1.807, 2.05) is 47.7 Å². The van der Waals surface area contributed by atoms with Gasteiger partial charge < -0.3 is 9.15 Å². The number of methoxy groups -OCH3 is 1. The molecule has 2 aliphatic rings. The molecule has 0 saturated carbocycles. The Labute approximate surface area is 185 Å². The predicted octanol–water partition coefficient (Wildman–Crippen LogP) is 4.65. The molecule has 2 aliphatic heterocycles. The van der Waals surface area contributed by atoms with Gasteiger partial charge in [-0.3, -0.25) is 9.69 Å². The molecule has 2 unspecified atom stereocenters. The average Bonchev–Trinajstić information content (AvgIpc) is 3.55. The summed E-state index contributed by atoms with van der Waals surface area (Å²) in [7, 11) is 1.65. The molecule has 2 aromatic heterocycles. The lowest BCUT2D eigenvalue weighted by molar-refractivity contribution is -0.135. The van der Waals surface area contributed by atoms with E-state index in [2.05, 4.69) is 23.3 Å². The van der Waals surface area contributed by atoms with Crippen LogP contribution in [0.4, 0.5) is 0 Å². The third-order valence-corrected chi connectivity index (χ3v) is 7.20. The first-order chi connectivity index (χ1) is 15.1. The van der Waals surface area contributed by atoms with Gasteiger partial charge in [0.15, 0.2) is 0 Å². The fourth-order valence-corrected chi connectivity index (χ4v) is 5.39. The van der Waals surface area contributed by atoms with Crippen molar-refractivity contribution in [1.29, 1.82) is 0 Å². The van der Waals surface area contributed by atoms with Crippen molar-refractivity contribution >= 4 is 23.0 Å². The number of furan rings is 1. The SMILES string of the molecule is COc1ccc(C2=NN(C(=O)CN3CCc4sccc4C3C)C(c3ccco3)C2)cc1. The van der Waals surface area contributed by atoms with Crippen molar-refractivity contribution in [2.24, 2.45) is 5.10 Å². The predicted molar refractivity (Wildman–Crippen MR) is 120 cm³/mol. The van der Waals surface area contributed by atoms with Crippen LogP contribution in [0.3, 0.4) is 0 Å². The van der Waals surface area contributed by atoms with Crippen LogP contribution >= 0.6 is 11.3 Å². The number of thiophene rings is 1. The molecule has 5 rings (SSSR count). The maximum Gasteiger partial charge on any atom is 0.257 e. The monoisotopic (exact) mass is 435 g/mol. The van der Waals surface area contributed by atoms with Gasteiger partial charge in [-0.25, -0.2) is 5.01 Å². The molecule has 0 saturated heterocycles. The Balaban J connectivity index is 1.38. The van der Waals surface area contributed by atoms with Crippen molar-refractivity contribution in [3.63, 3.8) is 0 Å². The highest BCUT2D eigenvalue weighted by Gasteiger charge is 2.36. The number of carbonyl (C=O) groups is 1. The summed E-state index contributed by atoms with van der Waals surface area (Å²) >= 11 is 1.81. The van der Waals surface area contributed by atoms with E-state index in [9.17, 15) is 4.79 Å². The Bertz CT molecular complexity index is 1090. The second-order valence-corrected chi connectivity index (χ2v) is 8.95. The molecule has 2 atom stereocenters. The lowest BCUT2D eigenvalue weighted by Crippen LogP contribution is -2.42. The van der Waals surface area contributed by atoms with Crippen LogP contribution in [0, 0.1) is 0 Å². The molecule has 0 aliphatic carbocycles. The summed E-state index contributed by atoms with van der Waals surface area (Å²) < 4.78 is 10.9. The Morgan fingerprint density at radius 3 is 2.84 bits per heavy atom. The molecule has 0 bridgehead atoms. The second kappa shape index (κ2) is 8.32. The third kappa shape index (κ3) is 3.79. The Morgan fingerprint density at radius 1 is 1.26 bits per heavy atom. The standard InChI is InChI=1S/C24H25N3O3S/c1-16-19-10-13-31-23(19)9-11-26(16)15-24(28)27-21(22-4-3-12-30-22)14-20(25-27)17-5-7-18(29-2)8-6-17/h3-8,10,12-13,16,21H,9,11,14-15H2,1-2H3. The third-order valence-electron chi connectivity index (χ3n) is 6.20. The molecule has 0 N–H and O–H groups in total. The van der Waals surface area contributed by atoms with Crippen LogP contribution in [0.1, 0.15) is 47.2 Å². The highest BCUT2D eigenvalue weighted by molar-refractivity contribution is 7.10. The minimum Gasteiger partial charge on any atom is -0.497 e. The molecule has 1 aromatic carbocycles. The largest absolute Gasteiger partial charge is 0.497 e. The molecule has 3 aromatic rings. The first kappa shape index (κ1) is 20.0. The summed E-state index contributed by atoms with van der Waals surface area (Å²) in [5.74, 6) is 1.55. The van der Waals surface area contributed by atoms with Crippen molar-refractivity contribution < 1.29 is 13.9 Å². The van der Waals surface area contributed by atoms with Gasteiger partial charge in [-0.1, -0.05) is 0 Å². The van der Waals surface area contributed by atoms with Crippen LogP contribution in [0.5, 0.6) is 5.75 Å². The smallest absolute Gasteiger partial charge is 0.257 e. The summed E-state index contributed by atoms with van der Waals surface area (Å²) in [5.41, 5.74) is 3.21. The molecule has 0 radical (unpaired) electrons. The average molecular weight is 436 g/mol. The van der Waals surface area contributed by atoms with Crippen LogP contribution in [-0.2, 0) is 11.2 Å². The zero-order valence-electron chi connectivity index (χ0n) is 17.7. The fraction of sp³-hybridized carbons (Fsp3) is 0.333. The van der Waals surface area contributed by atoms with Gasteiger partial charge in [-0.05, 0) is 72.3 Å². The molecule has 0 fully saturated rings. The number of rotatable bonds is 5. The molecule has 6 nitrogen and oxygen atoms in total. The van der Waals surface area contributed by atoms with Crippen LogP contribution in [0.2, 0.25) is 0 Å². The van der Waals surface area contributed by atoms with Gasteiger partial charge in [0, 0.05) is 23.9 Å². The van der Waals surface area contributed by atoms with Gasteiger partial charge in [0.2, 0.25) is 0 Å². The lowest BCUT2D eigenvalue weighted by atomic mass is 10.0. The molecular weight excluding hydrogens is 410 g/mol. The van der Waals surface area contributed by atoms with E-state index in [4.69, 9.17) is 14.3 Å². The normalized spacial score (nSPS) is 21.1. The van der Waals surface area contributed by atoms with Gasteiger partial charge in [0.1, 0.15) is 17.6 Å². The maximum absolute atomic E-state index is 13.4. The maximum atomic E-state index is 13.4. The van der Waals surface area contributed by atoms with Crippen LogP contribution < -0.4 is 4.74 Å². The Morgan fingerprint density at radius 2 is 2.10 bits per heavy atom. The zero-order valence-corrected chi connectivity index (χ0v) is 18.5. The quantitative estimate of drug-likeness (QED) is 0.586. The van der Waals surface area contributed by atoms with Gasteiger partial charge in [-0.15, -0.1) is 11.3 Å². The number of nitrogens with zero attached hydrogens (tertiary/aromatic N) is 3. The van der Waals surface area contributed by atoms with E-state index >= 15 is 0 Å². The molecule has 0 spiro atoms. The topological polar surface area (TPSA) is 58.3 Å². The van der Waals surface area contributed by atoms with Gasteiger partial charge in [-0.2, -0.15) is 5.10 Å². The van der Waals surface area contributed by atoms with Crippen molar-refractivity contribution in [2.45, 2.75) is 31.8 Å². The molecule has 160 valence electrons. The number of hydrogen-bond donors (Lipinski definition) is 0. The molecule has 1 amide bonds. The summed E-state index contributed by atoms with van der Waals surface area (Å²) in [6.07, 6.45) is 3.26. The number of amides is 1. The van der Waals surface area contributed by atoms with E-state index in [1.54, 1.807) is 18.4 Å². The number of benzene rings is 1. The minimum absolute atomic E-state index is 0.00422. The number of carbonyl (C=O) groups excluding carboxylic acids is 1. The second-order valence-electron chi connectivity index (χ2n) is 7.94. The van der Waals surface area contributed by atoms with Crippen LogP contribution in [-0.4, -0.2) is 41.7 Å². The summed E-state index contributed by atoms with van der Waals surface area (Å²) in [6, 6.07) is 13.8. The van der Waals surface area contributed by atoms with Crippen molar-refractivity contribution in [1.82, 2.24) is 9.91 Å². The van der Waals surface area contributed by atoms with E-state index in [-0.39, 0.29) is 18.0 Å². The number of hydrazone groups is 1. The first-order valence-electron chi connectivity index (χ1n) is 10.5. The van der Waals surface area contributed by atoms with Crippen molar-refractivity contribution in [2.75, 3.05) is 20.2 Å². The van der Waals surface area contributed by atoms with E-state index in [0.717, 1.165) is 35.8 Å². The number of fused-ring (bicyclic) bond motifs is 1. The highest BCUT2D eigenvalue weighted by atomic mass is 32.1. The summed E-state index contributed by atoms with van der Waals surface area (Å²) in [6.45, 7) is 3.40. The van der Waals surface area contributed by atoms with Gasteiger partial charge in [0.05, 0.1) is 25.6 Å². The van der Waals surface area contributed by atoms with Gasteiger partial charge in [0.25, 0.3) is 5.91 Å². The van der Waals surface area contributed by atoms with Gasteiger partial charge >= 0.3 is 0 Å². The van der Waals surface area contributed by atoms with Crippen LogP contribution in [0.25, 0.3) is 0 Å². The summed E-state index contributed by atoms with van der Waals surface area (Å²) in [5, 5.41) is 8.51. The molecule has 31 heavy (non-hydrogen) atoms. The van der Waals surface area contributed by atoms with E-state index in [0.29, 0.717) is 13.0 Å². The Hall–Kier alpha value is -2.90. The fourth-order valence-electron chi connectivity index (χ4n) is 4.42. The molecule has 7 heteroatoms. The highest BCUT2D eigenvalue weighted by Crippen LogP contribution is 2.36. The molecular formula is C24H25N3O3S. The van der Waals surface area contributed by atoms with E-state index in [1.165, 1.54) is 10.4 Å². The van der Waals surface area contributed by atoms with E-state index < -0.39 is 0 Å².